The standard InChI is InChI=1S/C12H17N.C3H2N2O/c1-3-7-12(8-4-1)11-13-9-5-2-6-10-13;6-3-1-2-4-5-3/h1,3-4,7-8H,2,5-6,9-11H2;1-2H. The van der Waals surface area contributed by atoms with Gasteiger partial charge in [-0.05, 0) is 31.5 Å². The Balaban J connectivity index is 0.000000186. The van der Waals surface area contributed by atoms with Crippen LogP contribution < -0.4 is 0 Å². The molecular weight excluding hydrogens is 238 g/mol. The quantitative estimate of drug-likeness (QED) is 0.817. The molecule has 0 bridgehead atoms. The van der Waals surface area contributed by atoms with Gasteiger partial charge in [0.05, 0.1) is 6.20 Å². The van der Waals surface area contributed by atoms with Gasteiger partial charge in [-0.1, -0.05) is 36.8 Å². The van der Waals surface area contributed by atoms with Crippen LogP contribution in [0.5, 0.6) is 0 Å². The first-order valence-corrected chi connectivity index (χ1v) is 6.72. The molecule has 4 heteroatoms. The number of amides is 1. The lowest BCUT2D eigenvalue weighted by atomic mass is 10.1. The van der Waals surface area contributed by atoms with Crippen molar-refractivity contribution in [1.82, 2.24) is 4.90 Å². The van der Waals surface area contributed by atoms with Crippen LogP contribution in [0.2, 0.25) is 0 Å². The fourth-order valence-electron chi connectivity index (χ4n) is 2.18. The monoisotopic (exact) mass is 257 g/mol. The summed E-state index contributed by atoms with van der Waals surface area (Å²) in [5, 5.41) is 6.37. The van der Waals surface area contributed by atoms with E-state index in [-0.39, 0.29) is 5.91 Å². The van der Waals surface area contributed by atoms with Crippen molar-refractivity contribution >= 4 is 5.91 Å². The molecule has 4 nitrogen and oxygen atoms in total. The highest BCUT2D eigenvalue weighted by Gasteiger charge is 2.09. The smallest absolute Gasteiger partial charge is 0.289 e. The fraction of sp³-hybridized carbons (Fsp3) is 0.400. The Morgan fingerprint density at radius 2 is 1.79 bits per heavy atom. The summed E-state index contributed by atoms with van der Waals surface area (Å²) in [4.78, 5) is 12.5. The van der Waals surface area contributed by atoms with Crippen LogP contribution >= 0.6 is 0 Å². The van der Waals surface area contributed by atoms with Crippen molar-refractivity contribution < 1.29 is 4.79 Å². The van der Waals surface area contributed by atoms with Gasteiger partial charge in [-0.2, -0.15) is 5.11 Å². The van der Waals surface area contributed by atoms with Crippen molar-refractivity contribution in [2.24, 2.45) is 10.2 Å². The minimum absolute atomic E-state index is 0.269. The highest BCUT2D eigenvalue weighted by molar-refractivity contribution is 5.89. The van der Waals surface area contributed by atoms with Crippen molar-refractivity contribution in [3.05, 3.63) is 48.2 Å². The summed E-state index contributed by atoms with van der Waals surface area (Å²) in [7, 11) is 0. The molecule has 2 aliphatic rings. The number of rotatable bonds is 2. The Morgan fingerprint density at radius 3 is 2.32 bits per heavy atom. The van der Waals surface area contributed by atoms with Crippen molar-refractivity contribution in [2.75, 3.05) is 13.1 Å². The number of hydrogen-bond donors (Lipinski definition) is 0. The molecule has 0 aliphatic carbocycles. The molecule has 0 radical (unpaired) electrons. The first-order chi connectivity index (χ1) is 9.34. The summed E-state index contributed by atoms with van der Waals surface area (Å²) < 4.78 is 0. The van der Waals surface area contributed by atoms with Gasteiger partial charge in [-0.3, -0.25) is 9.69 Å². The van der Waals surface area contributed by atoms with Gasteiger partial charge in [0.1, 0.15) is 0 Å². The van der Waals surface area contributed by atoms with Crippen molar-refractivity contribution in [2.45, 2.75) is 25.8 Å². The van der Waals surface area contributed by atoms with E-state index in [2.05, 4.69) is 45.5 Å². The summed E-state index contributed by atoms with van der Waals surface area (Å²) >= 11 is 0. The topological polar surface area (TPSA) is 45.0 Å². The van der Waals surface area contributed by atoms with Crippen LogP contribution in [0.1, 0.15) is 24.8 Å². The minimum Gasteiger partial charge on any atom is -0.299 e. The highest BCUT2D eigenvalue weighted by Crippen LogP contribution is 2.12. The third kappa shape index (κ3) is 5.14. The van der Waals surface area contributed by atoms with Gasteiger partial charge >= 0.3 is 0 Å². The number of azo groups is 1. The number of nitrogens with zero attached hydrogens (tertiary/aromatic N) is 3. The van der Waals surface area contributed by atoms with Gasteiger partial charge in [-0.25, -0.2) is 0 Å². The molecular formula is C15H19N3O. The zero-order chi connectivity index (χ0) is 13.3. The van der Waals surface area contributed by atoms with Gasteiger partial charge in [-0.15, -0.1) is 5.11 Å². The van der Waals surface area contributed by atoms with Crippen LogP contribution in [0.25, 0.3) is 0 Å². The lowest BCUT2D eigenvalue weighted by Crippen LogP contribution is -2.28. The van der Waals surface area contributed by atoms with E-state index in [0.29, 0.717) is 0 Å². The molecule has 2 aliphatic heterocycles. The average Bonchev–Trinajstić information content (AvgIpc) is 2.93. The summed E-state index contributed by atoms with van der Waals surface area (Å²) in [5.74, 6) is -0.269. The molecule has 0 aromatic heterocycles. The van der Waals surface area contributed by atoms with E-state index in [1.165, 1.54) is 50.2 Å². The van der Waals surface area contributed by atoms with Crippen molar-refractivity contribution in [3.8, 4) is 0 Å². The SMILES string of the molecule is O=C1C=CN=N1.c1ccc(CN2CCCCC2)cc1. The first-order valence-electron chi connectivity index (χ1n) is 6.72. The first kappa shape index (κ1) is 13.6. The number of likely N-dealkylation sites (tertiary alicyclic amines) is 1. The molecule has 1 amide bonds. The maximum Gasteiger partial charge on any atom is 0.289 e. The zero-order valence-electron chi connectivity index (χ0n) is 11.0. The lowest BCUT2D eigenvalue weighted by Gasteiger charge is -2.26. The van der Waals surface area contributed by atoms with Gasteiger partial charge in [0.15, 0.2) is 0 Å². The minimum atomic E-state index is -0.269. The molecule has 3 rings (SSSR count). The van der Waals surface area contributed by atoms with E-state index in [4.69, 9.17) is 0 Å². The van der Waals surface area contributed by atoms with Crippen molar-refractivity contribution in [3.63, 3.8) is 0 Å². The number of hydrogen-bond acceptors (Lipinski definition) is 3. The number of carbonyl (C=O) groups excluding carboxylic acids is 1. The molecule has 0 unspecified atom stereocenters. The normalized spacial score (nSPS) is 18.2. The largest absolute Gasteiger partial charge is 0.299 e. The Labute approximate surface area is 113 Å². The molecule has 19 heavy (non-hydrogen) atoms. The second kappa shape index (κ2) is 7.59. The van der Waals surface area contributed by atoms with E-state index in [0.717, 1.165) is 6.54 Å². The Kier molecular flexibility index (Phi) is 5.44. The number of carbonyl (C=O) groups is 1. The number of piperidine rings is 1. The molecule has 0 saturated carbocycles. The molecule has 0 spiro atoms. The predicted molar refractivity (Wildman–Crippen MR) is 74.6 cm³/mol. The Bertz CT molecular complexity index is 434. The van der Waals surface area contributed by atoms with Crippen LogP contribution in [0.4, 0.5) is 0 Å². The molecule has 2 heterocycles. The maximum atomic E-state index is 9.90. The Morgan fingerprint density at radius 1 is 1.05 bits per heavy atom. The van der Waals surface area contributed by atoms with Crippen LogP contribution in [-0.2, 0) is 11.3 Å². The molecule has 1 saturated heterocycles. The molecule has 1 fully saturated rings. The third-order valence-electron chi connectivity index (χ3n) is 3.14. The maximum absolute atomic E-state index is 9.90. The second-order valence-electron chi connectivity index (χ2n) is 4.69. The number of benzene rings is 1. The van der Waals surface area contributed by atoms with E-state index >= 15 is 0 Å². The lowest BCUT2D eigenvalue weighted by molar-refractivity contribution is -0.113. The van der Waals surface area contributed by atoms with Crippen LogP contribution in [0, 0.1) is 0 Å². The van der Waals surface area contributed by atoms with Crippen LogP contribution in [0.3, 0.4) is 0 Å². The van der Waals surface area contributed by atoms with E-state index in [1.807, 2.05) is 0 Å². The molecule has 1 aromatic carbocycles. The molecule has 1 aromatic rings. The van der Waals surface area contributed by atoms with Gasteiger partial charge in [0.2, 0.25) is 0 Å². The fourth-order valence-corrected chi connectivity index (χ4v) is 2.18. The van der Waals surface area contributed by atoms with Crippen LogP contribution in [-0.4, -0.2) is 23.9 Å². The van der Waals surface area contributed by atoms with Crippen molar-refractivity contribution in [1.29, 1.82) is 0 Å². The summed E-state index contributed by atoms with van der Waals surface area (Å²) in [6, 6.07) is 10.8. The van der Waals surface area contributed by atoms with Gasteiger partial charge in [0.25, 0.3) is 5.91 Å². The molecule has 100 valence electrons. The van der Waals surface area contributed by atoms with E-state index < -0.39 is 0 Å². The predicted octanol–water partition coefficient (Wildman–Crippen LogP) is 3.17. The third-order valence-corrected chi connectivity index (χ3v) is 3.14. The Hall–Kier alpha value is -1.81. The van der Waals surface area contributed by atoms with E-state index in [1.54, 1.807) is 0 Å². The van der Waals surface area contributed by atoms with E-state index in [9.17, 15) is 4.79 Å². The summed E-state index contributed by atoms with van der Waals surface area (Å²) in [6.45, 7) is 3.71. The summed E-state index contributed by atoms with van der Waals surface area (Å²) in [5.41, 5.74) is 1.45. The average molecular weight is 257 g/mol. The van der Waals surface area contributed by atoms with Gasteiger partial charge < -0.3 is 0 Å². The highest BCUT2D eigenvalue weighted by atomic mass is 16.1. The second-order valence-corrected chi connectivity index (χ2v) is 4.69. The summed E-state index contributed by atoms with van der Waals surface area (Å²) in [6.07, 6.45) is 6.85. The molecule has 0 N–H and O–H groups in total. The zero-order valence-corrected chi connectivity index (χ0v) is 11.0. The van der Waals surface area contributed by atoms with Gasteiger partial charge in [0, 0.05) is 12.6 Å². The van der Waals surface area contributed by atoms with Crippen LogP contribution in [0.15, 0.2) is 52.8 Å². The molecule has 0 atom stereocenters.